The molecule has 0 amide bonds. The highest BCUT2D eigenvalue weighted by molar-refractivity contribution is 4.91. The Hall–Kier alpha value is -0.900. The maximum Gasteiger partial charge on any atom is 0.138 e. The standard InChI is InChI=1S/C14H26N4/c1-10(2)8-18-14(15-9-16-18)7-11(3)12(4)17-13-5-6-13/h9-13,17H,5-8H2,1-4H3. The van der Waals surface area contributed by atoms with Crippen LogP contribution in [0.3, 0.4) is 0 Å². The number of rotatable bonds is 7. The van der Waals surface area contributed by atoms with Crippen LogP contribution < -0.4 is 5.32 Å². The van der Waals surface area contributed by atoms with Crippen LogP contribution in [0.25, 0.3) is 0 Å². The van der Waals surface area contributed by atoms with Crippen molar-refractivity contribution < 1.29 is 0 Å². The monoisotopic (exact) mass is 250 g/mol. The van der Waals surface area contributed by atoms with Crippen molar-refractivity contribution in [2.75, 3.05) is 0 Å². The molecule has 0 aliphatic heterocycles. The minimum atomic E-state index is 0.557. The van der Waals surface area contributed by atoms with Gasteiger partial charge in [-0.3, -0.25) is 0 Å². The fourth-order valence-corrected chi connectivity index (χ4v) is 2.20. The molecule has 1 aliphatic carbocycles. The van der Waals surface area contributed by atoms with Gasteiger partial charge in [-0.1, -0.05) is 20.8 Å². The summed E-state index contributed by atoms with van der Waals surface area (Å²) in [6.45, 7) is 9.98. The molecule has 2 rings (SSSR count). The second-order valence-electron chi connectivity index (χ2n) is 6.16. The van der Waals surface area contributed by atoms with Gasteiger partial charge in [0.1, 0.15) is 12.2 Å². The summed E-state index contributed by atoms with van der Waals surface area (Å²) in [5.41, 5.74) is 0. The Kier molecular flexibility index (Phi) is 4.38. The number of hydrogen-bond donors (Lipinski definition) is 1. The van der Waals surface area contributed by atoms with E-state index in [0.29, 0.717) is 17.9 Å². The highest BCUT2D eigenvalue weighted by Crippen LogP contribution is 2.21. The highest BCUT2D eigenvalue weighted by Gasteiger charge is 2.25. The van der Waals surface area contributed by atoms with Gasteiger partial charge in [-0.05, 0) is 31.6 Å². The average Bonchev–Trinajstić information content (AvgIpc) is 3.00. The molecule has 4 nitrogen and oxygen atoms in total. The third-order valence-electron chi connectivity index (χ3n) is 3.67. The van der Waals surface area contributed by atoms with Crippen LogP contribution in [0.4, 0.5) is 0 Å². The minimum absolute atomic E-state index is 0.557. The molecule has 0 aromatic carbocycles. The molecular weight excluding hydrogens is 224 g/mol. The van der Waals surface area contributed by atoms with E-state index in [4.69, 9.17) is 0 Å². The van der Waals surface area contributed by atoms with Crippen molar-refractivity contribution in [2.24, 2.45) is 11.8 Å². The maximum atomic E-state index is 4.41. The number of aromatic nitrogens is 3. The van der Waals surface area contributed by atoms with E-state index in [2.05, 4.69) is 47.8 Å². The number of hydrogen-bond acceptors (Lipinski definition) is 3. The Morgan fingerprint density at radius 2 is 2.06 bits per heavy atom. The largest absolute Gasteiger partial charge is 0.311 e. The molecule has 1 N–H and O–H groups in total. The third kappa shape index (κ3) is 3.80. The second kappa shape index (κ2) is 5.83. The lowest BCUT2D eigenvalue weighted by atomic mass is 9.99. The van der Waals surface area contributed by atoms with Gasteiger partial charge in [0.15, 0.2) is 0 Å². The summed E-state index contributed by atoms with van der Waals surface area (Å²) in [6.07, 6.45) is 5.39. The summed E-state index contributed by atoms with van der Waals surface area (Å²) in [5.74, 6) is 2.34. The van der Waals surface area contributed by atoms with Gasteiger partial charge in [-0.15, -0.1) is 0 Å². The number of nitrogens with one attached hydrogen (secondary N) is 1. The Morgan fingerprint density at radius 3 is 2.67 bits per heavy atom. The van der Waals surface area contributed by atoms with E-state index in [9.17, 15) is 0 Å². The van der Waals surface area contributed by atoms with Crippen LogP contribution in [0.15, 0.2) is 6.33 Å². The normalized spacial score (nSPS) is 19.2. The molecule has 4 heteroatoms. The highest BCUT2D eigenvalue weighted by atomic mass is 15.3. The van der Waals surface area contributed by atoms with Crippen molar-refractivity contribution in [3.8, 4) is 0 Å². The van der Waals surface area contributed by atoms with Gasteiger partial charge in [0.05, 0.1) is 0 Å². The molecule has 0 saturated heterocycles. The molecule has 0 bridgehead atoms. The first-order valence-corrected chi connectivity index (χ1v) is 7.19. The van der Waals surface area contributed by atoms with E-state index in [0.717, 1.165) is 24.8 Å². The van der Waals surface area contributed by atoms with Crippen molar-refractivity contribution in [1.82, 2.24) is 20.1 Å². The fraction of sp³-hybridized carbons (Fsp3) is 0.857. The molecule has 1 fully saturated rings. The zero-order valence-corrected chi connectivity index (χ0v) is 12.1. The molecule has 1 saturated carbocycles. The van der Waals surface area contributed by atoms with Gasteiger partial charge in [0.2, 0.25) is 0 Å². The molecule has 1 heterocycles. The van der Waals surface area contributed by atoms with E-state index in [1.54, 1.807) is 6.33 Å². The summed E-state index contributed by atoms with van der Waals surface area (Å²) in [7, 11) is 0. The van der Waals surface area contributed by atoms with E-state index in [-0.39, 0.29) is 0 Å². The van der Waals surface area contributed by atoms with Crippen LogP contribution in [0.2, 0.25) is 0 Å². The minimum Gasteiger partial charge on any atom is -0.311 e. The fourth-order valence-electron chi connectivity index (χ4n) is 2.20. The van der Waals surface area contributed by atoms with Crippen LogP contribution >= 0.6 is 0 Å². The summed E-state index contributed by atoms with van der Waals surface area (Å²) in [6, 6.07) is 1.33. The Morgan fingerprint density at radius 1 is 1.33 bits per heavy atom. The lowest BCUT2D eigenvalue weighted by molar-refractivity contribution is 0.375. The predicted octanol–water partition coefficient (Wildman–Crippen LogP) is 2.25. The van der Waals surface area contributed by atoms with E-state index in [1.165, 1.54) is 12.8 Å². The summed E-state index contributed by atoms with van der Waals surface area (Å²) < 4.78 is 2.06. The Labute approximate surface area is 110 Å². The molecule has 2 unspecified atom stereocenters. The van der Waals surface area contributed by atoms with Gasteiger partial charge in [-0.2, -0.15) is 5.10 Å². The Bertz CT molecular complexity index is 368. The Balaban J connectivity index is 1.88. The average molecular weight is 250 g/mol. The van der Waals surface area contributed by atoms with Crippen molar-refractivity contribution in [1.29, 1.82) is 0 Å². The van der Waals surface area contributed by atoms with Crippen molar-refractivity contribution in [2.45, 2.75) is 65.6 Å². The first-order valence-electron chi connectivity index (χ1n) is 7.19. The van der Waals surface area contributed by atoms with Gasteiger partial charge >= 0.3 is 0 Å². The second-order valence-corrected chi connectivity index (χ2v) is 6.16. The molecular formula is C14H26N4. The smallest absolute Gasteiger partial charge is 0.138 e. The number of nitrogens with zero attached hydrogens (tertiary/aromatic N) is 3. The van der Waals surface area contributed by atoms with Gasteiger partial charge in [-0.25, -0.2) is 9.67 Å². The first kappa shape index (κ1) is 13.5. The molecule has 1 aliphatic rings. The molecule has 0 spiro atoms. The topological polar surface area (TPSA) is 42.7 Å². The molecule has 1 aromatic rings. The molecule has 0 radical (unpaired) electrons. The van der Waals surface area contributed by atoms with Gasteiger partial charge in [0, 0.05) is 25.0 Å². The van der Waals surface area contributed by atoms with Crippen molar-refractivity contribution >= 4 is 0 Å². The zero-order chi connectivity index (χ0) is 13.1. The van der Waals surface area contributed by atoms with E-state index >= 15 is 0 Å². The van der Waals surface area contributed by atoms with Crippen LogP contribution in [-0.4, -0.2) is 26.8 Å². The summed E-state index contributed by atoms with van der Waals surface area (Å²) in [4.78, 5) is 4.41. The quantitative estimate of drug-likeness (QED) is 0.807. The molecule has 1 aromatic heterocycles. The van der Waals surface area contributed by atoms with E-state index < -0.39 is 0 Å². The zero-order valence-electron chi connectivity index (χ0n) is 12.1. The van der Waals surface area contributed by atoms with Crippen molar-refractivity contribution in [3.05, 3.63) is 12.2 Å². The van der Waals surface area contributed by atoms with Crippen LogP contribution in [0, 0.1) is 11.8 Å². The maximum absolute atomic E-state index is 4.41. The third-order valence-corrected chi connectivity index (χ3v) is 3.67. The van der Waals surface area contributed by atoms with E-state index in [1.807, 2.05) is 0 Å². The van der Waals surface area contributed by atoms with Crippen LogP contribution in [-0.2, 0) is 13.0 Å². The molecule has 102 valence electrons. The van der Waals surface area contributed by atoms with Gasteiger partial charge < -0.3 is 5.32 Å². The summed E-state index contributed by atoms with van der Waals surface area (Å²) >= 11 is 0. The lowest BCUT2D eigenvalue weighted by Crippen LogP contribution is -2.35. The van der Waals surface area contributed by atoms with Crippen molar-refractivity contribution in [3.63, 3.8) is 0 Å². The van der Waals surface area contributed by atoms with Crippen LogP contribution in [0.5, 0.6) is 0 Å². The van der Waals surface area contributed by atoms with Crippen LogP contribution in [0.1, 0.15) is 46.4 Å². The first-order chi connectivity index (χ1) is 8.56. The lowest BCUT2D eigenvalue weighted by Gasteiger charge is -2.21. The molecule has 18 heavy (non-hydrogen) atoms. The molecule has 2 atom stereocenters. The SMILES string of the molecule is CC(C)Cn1ncnc1CC(C)C(C)NC1CC1. The predicted molar refractivity (Wildman–Crippen MR) is 73.3 cm³/mol. The van der Waals surface area contributed by atoms with Gasteiger partial charge in [0.25, 0.3) is 0 Å². The summed E-state index contributed by atoms with van der Waals surface area (Å²) in [5, 5.41) is 8.00.